The summed E-state index contributed by atoms with van der Waals surface area (Å²) < 4.78 is 5.14. The lowest BCUT2D eigenvalue weighted by Crippen LogP contribution is -2.48. The van der Waals surface area contributed by atoms with Crippen molar-refractivity contribution in [3.05, 3.63) is 21.4 Å². The van der Waals surface area contributed by atoms with Gasteiger partial charge in [-0.05, 0) is 62.5 Å². The van der Waals surface area contributed by atoms with Crippen LogP contribution in [0.15, 0.2) is 6.07 Å². The fourth-order valence-electron chi connectivity index (χ4n) is 3.22. The molecule has 0 unspecified atom stereocenters. The number of carbonyl (C=O) groups excluding carboxylic acids is 2. The van der Waals surface area contributed by atoms with Crippen molar-refractivity contribution in [1.82, 2.24) is 5.32 Å². The van der Waals surface area contributed by atoms with Gasteiger partial charge in [-0.1, -0.05) is 6.92 Å². The standard InChI is InChI=1S/C18H22N2O3S/c1-11-3-6-14-12(7-11)8-15(24-14)17(22)23-9-16(21)20-18(2,10-19)13-4-5-13/h8,11,13H,3-7,9H2,1-2H3,(H,20,21)/t11-,18+/m1/s1. The van der Waals surface area contributed by atoms with Crippen LogP contribution in [0, 0.1) is 23.2 Å². The van der Waals surface area contributed by atoms with Crippen LogP contribution in [0.4, 0.5) is 0 Å². The molecular formula is C18H22N2O3S. The molecule has 0 aliphatic heterocycles. The second kappa shape index (κ2) is 6.56. The number of nitrogens with zero attached hydrogens (tertiary/aromatic N) is 1. The van der Waals surface area contributed by atoms with E-state index in [1.807, 2.05) is 6.07 Å². The number of aryl methyl sites for hydroxylation is 1. The lowest BCUT2D eigenvalue weighted by atomic mass is 9.90. The topological polar surface area (TPSA) is 79.2 Å². The van der Waals surface area contributed by atoms with Crippen molar-refractivity contribution in [1.29, 1.82) is 5.26 Å². The molecule has 0 bridgehead atoms. The van der Waals surface area contributed by atoms with Gasteiger partial charge in [0.2, 0.25) is 0 Å². The van der Waals surface area contributed by atoms with Crippen molar-refractivity contribution in [2.45, 2.75) is 51.5 Å². The number of thiophene rings is 1. The molecule has 1 fully saturated rings. The van der Waals surface area contributed by atoms with Gasteiger partial charge in [-0.3, -0.25) is 4.79 Å². The fourth-order valence-corrected chi connectivity index (χ4v) is 4.32. The normalized spacial score (nSPS) is 22.0. The Bertz CT molecular complexity index is 702. The number of nitrogens with one attached hydrogen (secondary N) is 1. The molecule has 1 aromatic rings. The van der Waals surface area contributed by atoms with Gasteiger partial charge >= 0.3 is 5.97 Å². The van der Waals surface area contributed by atoms with Crippen LogP contribution in [0.5, 0.6) is 0 Å². The van der Waals surface area contributed by atoms with Gasteiger partial charge in [0.15, 0.2) is 6.61 Å². The molecule has 1 amide bonds. The number of esters is 1. The Kier molecular flexibility index (Phi) is 4.64. The molecule has 0 aromatic carbocycles. The van der Waals surface area contributed by atoms with E-state index in [-0.39, 0.29) is 12.5 Å². The third kappa shape index (κ3) is 3.62. The number of hydrogen-bond acceptors (Lipinski definition) is 5. The molecule has 1 N–H and O–H groups in total. The summed E-state index contributed by atoms with van der Waals surface area (Å²) in [7, 11) is 0. The van der Waals surface area contributed by atoms with E-state index in [2.05, 4.69) is 18.3 Å². The van der Waals surface area contributed by atoms with Crippen LogP contribution in [0.2, 0.25) is 0 Å². The van der Waals surface area contributed by atoms with Gasteiger partial charge in [-0.25, -0.2) is 4.79 Å². The first-order valence-corrected chi connectivity index (χ1v) is 9.24. The second-order valence-corrected chi connectivity index (χ2v) is 8.26. The maximum absolute atomic E-state index is 12.2. The SMILES string of the molecule is C[C@@H]1CCc2sc(C(=O)OCC(=O)N[C@@](C)(C#N)C3CC3)cc2C1. The number of amides is 1. The predicted octanol–water partition coefficient (Wildman–Crippen LogP) is 2.84. The fraction of sp³-hybridized carbons (Fsp3) is 0.611. The molecule has 5 nitrogen and oxygen atoms in total. The average molecular weight is 346 g/mol. The zero-order valence-corrected chi connectivity index (χ0v) is 14.9. The van der Waals surface area contributed by atoms with Crippen molar-refractivity contribution in [2.75, 3.05) is 6.61 Å². The maximum Gasteiger partial charge on any atom is 0.348 e. The highest BCUT2D eigenvalue weighted by Crippen LogP contribution is 2.39. The van der Waals surface area contributed by atoms with Crippen molar-refractivity contribution < 1.29 is 14.3 Å². The van der Waals surface area contributed by atoms with Crippen LogP contribution in [-0.2, 0) is 22.4 Å². The molecule has 24 heavy (non-hydrogen) atoms. The van der Waals surface area contributed by atoms with Crippen molar-refractivity contribution in [2.24, 2.45) is 11.8 Å². The number of hydrogen-bond donors (Lipinski definition) is 1. The third-order valence-corrected chi connectivity index (χ3v) is 6.11. The highest BCUT2D eigenvalue weighted by molar-refractivity contribution is 7.14. The van der Waals surface area contributed by atoms with Crippen LogP contribution in [0.25, 0.3) is 0 Å². The van der Waals surface area contributed by atoms with Crippen LogP contribution in [-0.4, -0.2) is 24.0 Å². The summed E-state index contributed by atoms with van der Waals surface area (Å²) in [6.07, 6.45) is 5.06. The Morgan fingerprint density at radius 3 is 2.88 bits per heavy atom. The summed E-state index contributed by atoms with van der Waals surface area (Å²) in [5.74, 6) is -0.0301. The third-order valence-electron chi connectivity index (χ3n) is 4.89. The zero-order chi connectivity index (χ0) is 17.3. The van der Waals surface area contributed by atoms with Crippen LogP contribution < -0.4 is 5.32 Å². The molecule has 2 aliphatic carbocycles. The highest BCUT2D eigenvalue weighted by atomic mass is 32.1. The molecule has 0 spiro atoms. The minimum absolute atomic E-state index is 0.202. The first-order chi connectivity index (χ1) is 11.4. The Balaban J connectivity index is 1.54. The Labute approximate surface area is 146 Å². The summed E-state index contributed by atoms with van der Waals surface area (Å²) in [4.78, 5) is 26.0. The number of rotatable bonds is 5. The van der Waals surface area contributed by atoms with E-state index in [0.717, 1.165) is 32.1 Å². The van der Waals surface area contributed by atoms with Crippen molar-refractivity contribution in [3.8, 4) is 6.07 Å². The van der Waals surface area contributed by atoms with E-state index >= 15 is 0 Å². The van der Waals surface area contributed by atoms with Gasteiger partial charge in [-0.15, -0.1) is 11.3 Å². The van der Waals surface area contributed by atoms with Crippen LogP contribution in [0.1, 0.15) is 53.2 Å². The molecule has 3 rings (SSSR count). The molecule has 0 saturated heterocycles. The van der Waals surface area contributed by atoms with Gasteiger partial charge in [-0.2, -0.15) is 5.26 Å². The summed E-state index contributed by atoms with van der Waals surface area (Å²) in [5.41, 5.74) is 0.378. The minimum atomic E-state index is -0.859. The molecule has 6 heteroatoms. The van der Waals surface area contributed by atoms with Gasteiger partial charge in [0.25, 0.3) is 5.91 Å². The van der Waals surface area contributed by atoms with E-state index in [9.17, 15) is 14.9 Å². The van der Waals surface area contributed by atoms with E-state index in [4.69, 9.17) is 4.74 Å². The summed E-state index contributed by atoms with van der Waals surface area (Å²) in [6, 6.07) is 4.06. The number of carbonyl (C=O) groups is 2. The molecule has 1 saturated carbocycles. The van der Waals surface area contributed by atoms with Gasteiger partial charge in [0.1, 0.15) is 10.4 Å². The number of nitriles is 1. The quantitative estimate of drug-likeness (QED) is 0.832. The Hall–Kier alpha value is -1.87. The van der Waals surface area contributed by atoms with Gasteiger partial charge in [0.05, 0.1) is 6.07 Å². The first-order valence-electron chi connectivity index (χ1n) is 8.42. The smallest absolute Gasteiger partial charge is 0.348 e. The molecule has 1 heterocycles. The van der Waals surface area contributed by atoms with E-state index < -0.39 is 17.4 Å². The van der Waals surface area contributed by atoms with E-state index in [0.29, 0.717) is 10.8 Å². The van der Waals surface area contributed by atoms with Gasteiger partial charge < -0.3 is 10.1 Å². The molecular weight excluding hydrogens is 324 g/mol. The minimum Gasteiger partial charge on any atom is -0.451 e. The molecule has 1 aromatic heterocycles. The predicted molar refractivity (Wildman–Crippen MR) is 90.7 cm³/mol. The van der Waals surface area contributed by atoms with E-state index in [1.165, 1.54) is 21.8 Å². The molecule has 2 aliphatic rings. The zero-order valence-electron chi connectivity index (χ0n) is 14.1. The molecule has 2 atom stereocenters. The molecule has 0 radical (unpaired) electrons. The summed E-state index contributed by atoms with van der Waals surface area (Å²) >= 11 is 1.47. The largest absolute Gasteiger partial charge is 0.451 e. The highest BCUT2D eigenvalue weighted by Gasteiger charge is 2.43. The second-order valence-electron chi connectivity index (χ2n) is 7.12. The Morgan fingerprint density at radius 1 is 1.46 bits per heavy atom. The summed E-state index contributed by atoms with van der Waals surface area (Å²) in [6.45, 7) is 3.59. The molecule has 128 valence electrons. The van der Waals surface area contributed by atoms with Gasteiger partial charge in [0, 0.05) is 4.88 Å². The monoisotopic (exact) mass is 346 g/mol. The Morgan fingerprint density at radius 2 is 2.21 bits per heavy atom. The van der Waals surface area contributed by atoms with Crippen LogP contribution >= 0.6 is 11.3 Å². The van der Waals surface area contributed by atoms with Crippen LogP contribution in [0.3, 0.4) is 0 Å². The summed E-state index contributed by atoms with van der Waals surface area (Å²) in [5, 5.41) is 11.9. The van der Waals surface area contributed by atoms with Crippen molar-refractivity contribution in [3.63, 3.8) is 0 Å². The lowest BCUT2D eigenvalue weighted by molar-refractivity contribution is -0.125. The van der Waals surface area contributed by atoms with Crippen molar-refractivity contribution >= 4 is 23.2 Å². The lowest BCUT2D eigenvalue weighted by Gasteiger charge is -2.22. The number of fused-ring (bicyclic) bond motifs is 1. The maximum atomic E-state index is 12.2. The first kappa shape index (κ1) is 17.0. The van der Waals surface area contributed by atoms with E-state index in [1.54, 1.807) is 6.92 Å². The number of ether oxygens (including phenoxy) is 1. The average Bonchev–Trinajstić information content (AvgIpc) is 3.33.